The summed E-state index contributed by atoms with van der Waals surface area (Å²) < 4.78 is 11.0. The molecule has 1 aromatic carbocycles. The number of aliphatic carboxylic acids is 1. The summed E-state index contributed by atoms with van der Waals surface area (Å²) in [5.41, 5.74) is -0.867. The van der Waals surface area contributed by atoms with Crippen LogP contribution < -0.4 is 5.32 Å². The molecule has 0 spiro atoms. The van der Waals surface area contributed by atoms with Gasteiger partial charge in [0.1, 0.15) is 17.7 Å². The van der Waals surface area contributed by atoms with E-state index >= 15 is 0 Å². The average molecular weight is 503 g/mol. The lowest BCUT2D eigenvalue weighted by atomic mass is 9.97. The molecule has 2 amide bonds. The number of amides is 2. The van der Waals surface area contributed by atoms with E-state index < -0.39 is 34.9 Å². The third-order valence-electron chi connectivity index (χ3n) is 5.31. The van der Waals surface area contributed by atoms with Gasteiger partial charge in [0.2, 0.25) is 5.91 Å². The zero-order valence-electron chi connectivity index (χ0n) is 18.2. The van der Waals surface area contributed by atoms with Crippen LogP contribution in [0.25, 0.3) is 0 Å². The first-order valence-electron chi connectivity index (χ1n) is 10.4. The lowest BCUT2D eigenvalue weighted by molar-refractivity contribution is -0.201. The fraction of sp³-hybridized carbons (Fsp3) is 0.304. The van der Waals surface area contributed by atoms with E-state index in [4.69, 9.17) is 9.47 Å². The number of nitrogens with one attached hydrogen (secondary N) is 1. The van der Waals surface area contributed by atoms with E-state index in [9.17, 15) is 24.3 Å². The maximum Gasteiger partial charge on any atom is 0.352 e. The van der Waals surface area contributed by atoms with Crippen molar-refractivity contribution in [2.75, 3.05) is 12.4 Å². The quantitative estimate of drug-likeness (QED) is 0.304. The molecule has 4 rings (SSSR count). The Morgan fingerprint density at radius 2 is 1.94 bits per heavy atom. The fourth-order valence-electron chi connectivity index (χ4n) is 3.77. The van der Waals surface area contributed by atoms with E-state index in [-0.39, 0.29) is 31.1 Å². The number of carboxylic acid groups (broad SMARTS) is 1. The number of esters is 1. The molecule has 2 N–H and O–H groups in total. The number of benzene rings is 1. The first kappa shape index (κ1) is 24.0. The molecule has 0 aliphatic carbocycles. The summed E-state index contributed by atoms with van der Waals surface area (Å²) >= 11 is 2.67. The van der Waals surface area contributed by atoms with Gasteiger partial charge in [0.15, 0.2) is 0 Å². The van der Waals surface area contributed by atoms with Crippen molar-refractivity contribution in [3.63, 3.8) is 0 Å². The molecule has 1 saturated heterocycles. The van der Waals surface area contributed by atoms with Crippen molar-refractivity contribution in [1.29, 1.82) is 0 Å². The lowest BCUT2D eigenvalue weighted by Gasteiger charge is -2.56. The van der Waals surface area contributed by atoms with Crippen LogP contribution in [0.3, 0.4) is 0 Å². The largest absolute Gasteiger partial charge is 0.477 e. The first-order valence-corrected chi connectivity index (χ1v) is 12.3. The molecule has 3 heterocycles. The molecule has 2 aliphatic heterocycles. The van der Waals surface area contributed by atoms with Crippen LogP contribution in [-0.2, 0) is 41.7 Å². The number of ether oxygens (including phenoxy) is 2. The second-order valence-corrected chi connectivity index (χ2v) is 9.79. The topological polar surface area (TPSA) is 122 Å². The van der Waals surface area contributed by atoms with Crippen molar-refractivity contribution in [2.24, 2.45) is 0 Å². The monoisotopic (exact) mass is 502 g/mol. The van der Waals surface area contributed by atoms with Gasteiger partial charge in [0.25, 0.3) is 11.6 Å². The highest BCUT2D eigenvalue weighted by atomic mass is 32.2. The number of carbonyl (C=O) groups excluding carboxylic acids is 3. The van der Waals surface area contributed by atoms with Crippen molar-refractivity contribution in [2.45, 2.75) is 31.1 Å². The molecule has 178 valence electrons. The van der Waals surface area contributed by atoms with Crippen LogP contribution in [0.2, 0.25) is 0 Å². The molecule has 1 aromatic heterocycles. The fourth-order valence-corrected chi connectivity index (χ4v) is 5.86. The van der Waals surface area contributed by atoms with E-state index in [1.807, 2.05) is 47.8 Å². The first-order chi connectivity index (χ1) is 16.3. The Balaban J connectivity index is 1.61. The molecule has 2 atom stereocenters. The molecular weight excluding hydrogens is 480 g/mol. The van der Waals surface area contributed by atoms with Crippen molar-refractivity contribution in [1.82, 2.24) is 10.2 Å². The summed E-state index contributed by atoms with van der Waals surface area (Å²) in [5.74, 6) is -2.77. The predicted molar refractivity (Wildman–Crippen MR) is 125 cm³/mol. The second kappa shape index (κ2) is 10.00. The molecular formula is C23H22N2O7S2. The van der Waals surface area contributed by atoms with Gasteiger partial charge in [-0.2, -0.15) is 0 Å². The number of thiophene rings is 1. The number of β-lactam (4-membered cyclic amide) rings is 1. The Labute approximate surface area is 203 Å². The minimum absolute atomic E-state index is 0.0448. The second-order valence-electron chi connectivity index (χ2n) is 7.69. The van der Waals surface area contributed by atoms with E-state index in [0.717, 1.165) is 15.3 Å². The van der Waals surface area contributed by atoms with Crippen LogP contribution in [0.4, 0.5) is 0 Å². The maximum atomic E-state index is 13.4. The van der Waals surface area contributed by atoms with Crippen molar-refractivity contribution < 1.29 is 33.8 Å². The Morgan fingerprint density at radius 1 is 1.18 bits per heavy atom. The smallest absolute Gasteiger partial charge is 0.352 e. The number of carboxylic acids is 1. The van der Waals surface area contributed by atoms with Crippen LogP contribution in [0.1, 0.15) is 17.4 Å². The average Bonchev–Trinajstić information content (AvgIpc) is 3.32. The van der Waals surface area contributed by atoms with E-state index in [0.29, 0.717) is 5.57 Å². The van der Waals surface area contributed by atoms with Gasteiger partial charge in [-0.3, -0.25) is 19.3 Å². The molecule has 2 aliphatic rings. The Morgan fingerprint density at radius 3 is 2.59 bits per heavy atom. The van der Waals surface area contributed by atoms with Gasteiger partial charge >= 0.3 is 11.9 Å². The highest BCUT2D eigenvalue weighted by Crippen LogP contribution is 2.47. The van der Waals surface area contributed by atoms with Crippen LogP contribution in [-0.4, -0.2) is 57.2 Å². The molecule has 1 fully saturated rings. The van der Waals surface area contributed by atoms with E-state index in [1.54, 1.807) is 0 Å². The third kappa shape index (κ3) is 4.72. The Kier molecular flexibility index (Phi) is 7.05. The van der Waals surface area contributed by atoms with Gasteiger partial charge in [-0.15, -0.1) is 23.1 Å². The summed E-state index contributed by atoms with van der Waals surface area (Å²) in [5, 5.41) is 13.6. The molecule has 9 nitrogen and oxygen atoms in total. The van der Waals surface area contributed by atoms with E-state index in [2.05, 4.69) is 5.32 Å². The summed E-state index contributed by atoms with van der Waals surface area (Å²) in [6.45, 7) is 1.03. The number of thioether (sulfide) groups is 1. The molecule has 2 aromatic rings. The van der Waals surface area contributed by atoms with Crippen molar-refractivity contribution in [3.8, 4) is 0 Å². The maximum absolute atomic E-state index is 13.4. The number of rotatable bonds is 9. The summed E-state index contributed by atoms with van der Waals surface area (Å²) in [4.78, 5) is 51.5. The SMILES string of the molecule is CC(=O)OCC1=C(C(=O)O)N2C(=O)C(NC(=O)Cc3cccs3)(OCc3ccccc3)[C@H]2SC1. The van der Waals surface area contributed by atoms with Crippen LogP contribution in [0.5, 0.6) is 0 Å². The molecule has 1 unspecified atom stereocenters. The van der Waals surface area contributed by atoms with Gasteiger partial charge in [-0.05, 0) is 17.0 Å². The van der Waals surface area contributed by atoms with Gasteiger partial charge in [0.05, 0.1) is 13.0 Å². The molecule has 0 saturated carbocycles. The molecule has 0 bridgehead atoms. The zero-order valence-corrected chi connectivity index (χ0v) is 19.8. The number of fused-ring (bicyclic) bond motifs is 1. The number of hydrogen-bond acceptors (Lipinski definition) is 8. The van der Waals surface area contributed by atoms with Gasteiger partial charge < -0.3 is 19.9 Å². The highest BCUT2D eigenvalue weighted by molar-refractivity contribution is 8.00. The number of nitrogens with zero attached hydrogens (tertiary/aromatic N) is 1. The summed E-state index contributed by atoms with van der Waals surface area (Å²) in [6, 6.07) is 12.8. The highest BCUT2D eigenvalue weighted by Gasteiger charge is 2.67. The van der Waals surface area contributed by atoms with Crippen LogP contribution in [0, 0.1) is 0 Å². The van der Waals surface area contributed by atoms with Gasteiger partial charge in [-0.1, -0.05) is 36.4 Å². The Hall–Kier alpha value is -3.15. The predicted octanol–water partition coefficient (Wildman–Crippen LogP) is 2.14. The number of hydrogen-bond donors (Lipinski definition) is 2. The van der Waals surface area contributed by atoms with E-state index in [1.165, 1.54) is 30.0 Å². The van der Waals surface area contributed by atoms with Crippen molar-refractivity contribution in [3.05, 3.63) is 69.6 Å². The molecule has 11 heteroatoms. The minimum atomic E-state index is -1.72. The van der Waals surface area contributed by atoms with Gasteiger partial charge in [-0.25, -0.2) is 4.79 Å². The van der Waals surface area contributed by atoms with Crippen LogP contribution in [0.15, 0.2) is 59.1 Å². The summed E-state index contributed by atoms with van der Waals surface area (Å²) in [7, 11) is 0. The number of carbonyl (C=O) groups is 4. The summed E-state index contributed by atoms with van der Waals surface area (Å²) in [6.07, 6.45) is 0.0676. The zero-order chi connectivity index (χ0) is 24.3. The normalized spacial score (nSPS) is 21.5. The minimum Gasteiger partial charge on any atom is -0.477 e. The standard InChI is InChI=1S/C23H22N2O7S2/c1-14(26)31-12-16-13-34-22-23(21(30)25(22)19(16)20(28)29,32-11-15-6-3-2-4-7-15)24-18(27)10-17-8-5-9-33-17/h2-9,22H,10-13H2,1H3,(H,24,27)(H,28,29)/t22-,23?/m1/s1. The van der Waals surface area contributed by atoms with Gasteiger partial charge in [0, 0.05) is 23.1 Å². The van der Waals surface area contributed by atoms with Crippen LogP contribution >= 0.6 is 23.1 Å². The Bertz CT molecular complexity index is 1130. The molecule has 34 heavy (non-hydrogen) atoms. The lowest BCUT2D eigenvalue weighted by Crippen LogP contribution is -2.81. The molecule has 0 radical (unpaired) electrons. The third-order valence-corrected chi connectivity index (χ3v) is 7.56. The van der Waals surface area contributed by atoms with Crippen molar-refractivity contribution >= 4 is 46.9 Å².